The van der Waals surface area contributed by atoms with Gasteiger partial charge in [-0.1, -0.05) is 11.6 Å². The van der Waals surface area contributed by atoms with E-state index in [2.05, 4.69) is 15.9 Å². The molecule has 0 saturated carbocycles. The van der Waals surface area contributed by atoms with E-state index in [4.69, 9.17) is 22.4 Å². The number of carboxylic acids is 1. The topological polar surface area (TPSA) is 63.3 Å². The highest BCUT2D eigenvalue weighted by Gasteiger charge is 2.14. The van der Waals surface area contributed by atoms with E-state index in [0.717, 1.165) is 0 Å². The molecule has 0 heterocycles. The third-order valence-corrected chi connectivity index (χ3v) is 3.15. The van der Waals surface area contributed by atoms with Crippen LogP contribution in [0.5, 0.6) is 0 Å². The van der Waals surface area contributed by atoms with Gasteiger partial charge in [-0.05, 0) is 40.0 Å². The van der Waals surface area contributed by atoms with E-state index in [1.165, 1.54) is 12.1 Å². The summed E-state index contributed by atoms with van der Waals surface area (Å²) in [4.78, 5) is 10.5. The summed E-state index contributed by atoms with van der Waals surface area (Å²) in [5, 5.41) is 8.77. The summed E-state index contributed by atoms with van der Waals surface area (Å²) in [5.74, 6) is -1.66. The molecule has 0 spiro atoms. The molecule has 0 aromatic heterocycles. The number of rotatable bonds is 3. The number of halogens is 3. The predicted molar refractivity (Wildman–Crippen MR) is 58.4 cm³/mol. The van der Waals surface area contributed by atoms with Crippen molar-refractivity contribution >= 4 is 33.5 Å². The van der Waals surface area contributed by atoms with Gasteiger partial charge < -0.3 is 10.8 Å². The van der Waals surface area contributed by atoms with Crippen molar-refractivity contribution in [1.82, 2.24) is 0 Å². The Bertz CT molecular complexity index is 377. The van der Waals surface area contributed by atoms with Crippen LogP contribution < -0.4 is 5.73 Å². The average Bonchev–Trinajstić information content (AvgIpc) is 2.13. The van der Waals surface area contributed by atoms with Crippen molar-refractivity contribution in [2.24, 2.45) is 5.73 Å². The molecule has 0 amide bonds. The molecule has 1 unspecified atom stereocenters. The van der Waals surface area contributed by atoms with E-state index in [9.17, 15) is 9.18 Å². The van der Waals surface area contributed by atoms with Crippen molar-refractivity contribution in [3.63, 3.8) is 0 Å². The fourth-order valence-electron chi connectivity index (χ4n) is 1.07. The molecule has 1 atom stereocenters. The first-order chi connectivity index (χ1) is 6.91. The highest BCUT2D eigenvalue weighted by molar-refractivity contribution is 9.10. The maximum atomic E-state index is 13.2. The van der Waals surface area contributed by atoms with Crippen LogP contribution in [0.25, 0.3) is 0 Å². The summed E-state index contributed by atoms with van der Waals surface area (Å²) in [6.07, 6.45) is 0.0409. The lowest BCUT2D eigenvalue weighted by atomic mass is 10.1. The number of nitrogens with two attached hydrogens (primary N) is 1. The summed E-state index contributed by atoms with van der Waals surface area (Å²) in [6.45, 7) is 0. The average molecular weight is 297 g/mol. The van der Waals surface area contributed by atoms with Crippen LogP contribution in [0, 0.1) is 5.82 Å². The maximum Gasteiger partial charge on any atom is 0.320 e. The monoisotopic (exact) mass is 295 g/mol. The molecule has 0 aliphatic carbocycles. The van der Waals surface area contributed by atoms with Gasteiger partial charge in [-0.3, -0.25) is 4.79 Å². The van der Waals surface area contributed by atoms with Gasteiger partial charge in [0, 0.05) is 0 Å². The number of carbonyl (C=O) groups is 1. The van der Waals surface area contributed by atoms with E-state index < -0.39 is 17.8 Å². The van der Waals surface area contributed by atoms with Crippen LogP contribution in [0.3, 0.4) is 0 Å². The van der Waals surface area contributed by atoms with Crippen molar-refractivity contribution in [2.45, 2.75) is 12.5 Å². The predicted octanol–water partition coefficient (Wildman–Crippen LogP) is 2.20. The second-order valence-electron chi connectivity index (χ2n) is 3.02. The Hall–Kier alpha value is -0.650. The quantitative estimate of drug-likeness (QED) is 0.841. The standard InChI is InChI=1S/C9H8BrClFNO2/c10-8-5(11)1-4(2-6(8)12)3-7(13)9(14)15/h1-2,7H,3,13H2,(H,14,15). The highest BCUT2D eigenvalue weighted by atomic mass is 79.9. The first-order valence-electron chi connectivity index (χ1n) is 4.03. The zero-order valence-corrected chi connectivity index (χ0v) is 9.85. The van der Waals surface area contributed by atoms with Crippen LogP contribution in [0.15, 0.2) is 16.6 Å². The lowest BCUT2D eigenvalue weighted by Gasteiger charge is -2.08. The van der Waals surface area contributed by atoms with Gasteiger partial charge >= 0.3 is 5.97 Å². The molecule has 82 valence electrons. The number of aliphatic carboxylic acids is 1. The van der Waals surface area contributed by atoms with Gasteiger partial charge in [0.1, 0.15) is 11.9 Å². The molecule has 1 aromatic rings. The number of carboxylic acid groups (broad SMARTS) is 1. The van der Waals surface area contributed by atoms with Crippen molar-refractivity contribution in [3.8, 4) is 0 Å². The highest BCUT2D eigenvalue weighted by Crippen LogP contribution is 2.27. The third-order valence-electron chi connectivity index (χ3n) is 1.82. The Morgan fingerprint density at radius 2 is 2.27 bits per heavy atom. The first-order valence-corrected chi connectivity index (χ1v) is 5.20. The lowest BCUT2D eigenvalue weighted by molar-refractivity contribution is -0.138. The minimum atomic E-state index is -1.13. The second kappa shape index (κ2) is 4.92. The molecule has 0 aliphatic rings. The van der Waals surface area contributed by atoms with E-state index in [0.29, 0.717) is 5.56 Å². The van der Waals surface area contributed by atoms with Crippen LogP contribution in [-0.4, -0.2) is 17.1 Å². The van der Waals surface area contributed by atoms with Crippen LogP contribution in [0.4, 0.5) is 4.39 Å². The Kier molecular flexibility index (Phi) is 4.07. The third kappa shape index (κ3) is 3.15. The van der Waals surface area contributed by atoms with Gasteiger partial charge in [0.25, 0.3) is 0 Å². The second-order valence-corrected chi connectivity index (χ2v) is 4.22. The van der Waals surface area contributed by atoms with Crippen LogP contribution in [0.1, 0.15) is 5.56 Å². The van der Waals surface area contributed by atoms with Crippen molar-refractivity contribution in [2.75, 3.05) is 0 Å². The summed E-state index contributed by atoms with van der Waals surface area (Å²) < 4.78 is 13.3. The molecule has 3 nitrogen and oxygen atoms in total. The zero-order valence-electron chi connectivity index (χ0n) is 7.51. The zero-order chi connectivity index (χ0) is 11.6. The van der Waals surface area contributed by atoms with E-state index in [1.54, 1.807) is 0 Å². The fourth-order valence-corrected chi connectivity index (χ4v) is 1.53. The summed E-state index contributed by atoms with van der Waals surface area (Å²) in [5.41, 5.74) is 5.76. The molecule has 0 aliphatic heterocycles. The SMILES string of the molecule is NC(Cc1cc(F)c(Br)c(Cl)c1)C(=O)O. The Balaban J connectivity index is 2.92. The summed E-state index contributed by atoms with van der Waals surface area (Å²) in [7, 11) is 0. The van der Waals surface area contributed by atoms with Gasteiger partial charge in [0.2, 0.25) is 0 Å². The molecule has 1 rings (SSSR count). The molecule has 0 saturated heterocycles. The number of hydrogen-bond donors (Lipinski definition) is 2. The molecule has 3 N–H and O–H groups in total. The summed E-state index contributed by atoms with van der Waals surface area (Å²) in [6, 6.07) is 1.64. The van der Waals surface area contributed by atoms with E-state index >= 15 is 0 Å². The van der Waals surface area contributed by atoms with Gasteiger partial charge in [-0.2, -0.15) is 0 Å². The molecule has 0 fully saturated rings. The summed E-state index contributed by atoms with van der Waals surface area (Å²) >= 11 is 8.66. The number of benzene rings is 1. The van der Waals surface area contributed by atoms with Gasteiger partial charge in [0.15, 0.2) is 0 Å². The van der Waals surface area contributed by atoms with E-state index in [1.807, 2.05) is 0 Å². The van der Waals surface area contributed by atoms with Gasteiger partial charge in [0.05, 0.1) is 9.50 Å². The molecular weight excluding hydrogens is 288 g/mol. The Labute approximate surface area is 99.2 Å². The first kappa shape index (κ1) is 12.4. The molecule has 15 heavy (non-hydrogen) atoms. The minimum Gasteiger partial charge on any atom is -0.480 e. The van der Waals surface area contributed by atoms with Crippen LogP contribution in [-0.2, 0) is 11.2 Å². The number of hydrogen-bond acceptors (Lipinski definition) is 2. The van der Waals surface area contributed by atoms with Gasteiger partial charge in [-0.25, -0.2) is 4.39 Å². The molecule has 0 radical (unpaired) electrons. The van der Waals surface area contributed by atoms with Crippen molar-refractivity contribution in [3.05, 3.63) is 33.0 Å². The minimum absolute atomic E-state index is 0.0409. The van der Waals surface area contributed by atoms with Crippen molar-refractivity contribution in [1.29, 1.82) is 0 Å². The fraction of sp³-hybridized carbons (Fsp3) is 0.222. The van der Waals surface area contributed by atoms with Crippen LogP contribution in [0.2, 0.25) is 5.02 Å². The van der Waals surface area contributed by atoms with Gasteiger partial charge in [-0.15, -0.1) is 0 Å². The smallest absolute Gasteiger partial charge is 0.320 e. The van der Waals surface area contributed by atoms with Crippen LogP contribution >= 0.6 is 27.5 Å². The molecular formula is C9H8BrClFNO2. The Morgan fingerprint density at radius 1 is 1.67 bits per heavy atom. The van der Waals surface area contributed by atoms with E-state index in [-0.39, 0.29) is 15.9 Å². The molecule has 0 bridgehead atoms. The molecule has 1 aromatic carbocycles. The largest absolute Gasteiger partial charge is 0.480 e. The lowest BCUT2D eigenvalue weighted by Crippen LogP contribution is -2.32. The molecule has 6 heteroatoms. The van der Waals surface area contributed by atoms with Crippen molar-refractivity contribution < 1.29 is 14.3 Å². The normalized spacial score (nSPS) is 12.5. The maximum absolute atomic E-state index is 13.2. The Morgan fingerprint density at radius 3 is 2.73 bits per heavy atom.